The molecule has 1 aromatic heterocycles. The predicted octanol–water partition coefficient (Wildman–Crippen LogP) is -2.75. The Kier molecular flexibility index (Phi) is 3.88. The Bertz CT molecular complexity index is 294. The Hall–Kier alpha value is -0.100. The molecule has 0 spiro atoms. The molecule has 0 amide bonds. The van der Waals surface area contributed by atoms with Crippen LogP contribution in [0.25, 0.3) is 0 Å². The van der Waals surface area contributed by atoms with Gasteiger partial charge in [0, 0.05) is 0 Å². The molecule has 0 saturated heterocycles. The van der Waals surface area contributed by atoms with Crippen LogP contribution in [0, 0.1) is 4.77 Å². The normalized spacial score (nSPS) is 8.40. The number of hydrogen-bond acceptors (Lipinski definition) is 3. The van der Waals surface area contributed by atoms with Gasteiger partial charge in [0.05, 0.1) is 6.07 Å². The van der Waals surface area contributed by atoms with Crippen LogP contribution in [-0.2, 0) is 0 Å². The summed E-state index contributed by atoms with van der Waals surface area (Å²) in [5.74, 6) is -0.219. The molecule has 0 bridgehead atoms. The van der Waals surface area contributed by atoms with E-state index in [0.29, 0.717) is 0 Å². The molecule has 0 fully saturated rings. The van der Waals surface area contributed by atoms with Crippen molar-refractivity contribution in [3.05, 3.63) is 21.2 Å². The second-order valence-corrected chi connectivity index (χ2v) is 1.88. The molecule has 0 unspecified atom stereocenters. The van der Waals surface area contributed by atoms with E-state index in [1.54, 1.807) is 0 Å². The zero-order chi connectivity index (χ0) is 6.85. The Balaban J connectivity index is 0. The van der Waals surface area contributed by atoms with Gasteiger partial charge in [-0.05, 0) is 12.2 Å². The topological polar surface area (TPSA) is 68.9 Å². The molecule has 10 heavy (non-hydrogen) atoms. The first-order valence-electron chi connectivity index (χ1n) is 2.21. The first-order valence-corrected chi connectivity index (χ1v) is 2.62. The molecule has 0 aliphatic rings. The van der Waals surface area contributed by atoms with Crippen LogP contribution in [0.1, 0.15) is 1.43 Å². The zero-order valence-electron chi connectivity index (χ0n) is 6.34. The summed E-state index contributed by atoms with van der Waals surface area (Å²) < 4.78 is 0.125. The van der Waals surface area contributed by atoms with Gasteiger partial charge in [0.15, 0.2) is 10.7 Å². The summed E-state index contributed by atoms with van der Waals surface area (Å²) in [4.78, 5) is 15.0. The SMILES string of the molecule is O=c1cc(O)[nH]c(=S)[nH]1.[H-].[Na+]. The van der Waals surface area contributed by atoms with Gasteiger partial charge in [0.25, 0.3) is 5.56 Å². The Labute approximate surface area is 85.1 Å². The number of nitrogens with one attached hydrogen (secondary N) is 2. The summed E-state index contributed by atoms with van der Waals surface area (Å²) in [7, 11) is 0. The van der Waals surface area contributed by atoms with Crippen LogP contribution >= 0.6 is 12.2 Å². The quantitative estimate of drug-likeness (QED) is 0.291. The molecule has 50 valence electrons. The van der Waals surface area contributed by atoms with E-state index in [2.05, 4.69) is 22.2 Å². The summed E-state index contributed by atoms with van der Waals surface area (Å²) in [5.41, 5.74) is -0.406. The summed E-state index contributed by atoms with van der Waals surface area (Å²) in [6.07, 6.45) is 0. The molecule has 0 radical (unpaired) electrons. The van der Waals surface area contributed by atoms with Gasteiger partial charge in [-0.2, -0.15) is 0 Å². The number of aromatic nitrogens is 2. The average molecular weight is 168 g/mol. The molecule has 1 rings (SSSR count). The summed E-state index contributed by atoms with van der Waals surface area (Å²) in [5, 5.41) is 8.65. The minimum Gasteiger partial charge on any atom is -1.00 e. The predicted molar refractivity (Wildman–Crippen MR) is 35.0 cm³/mol. The second-order valence-electron chi connectivity index (χ2n) is 1.47. The molecule has 0 saturated carbocycles. The fourth-order valence-electron chi connectivity index (χ4n) is 0.456. The van der Waals surface area contributed by atoms with Crippen LogP contribution in [0.2, 0.25) is 0 Å². The van der Waals surface area contributed by atoms with Crippen molar-refractivity contribution in [2.24, 2.45) is 0 Å². The van der Waals surface area contributed by atoms with E-state index in [4.69, 9.17) is 5.11 Å². The minimum atomic E-state index is -0.406. The van der Waals surface area contributed by atoms with E-state index in [-0.39, 0.29) is 41.6 Å². The monoisotopic (exact) mass is 168 g/mol. The van der Waals surface area contributed by atoms with E-state index in [1.165, 1.54) is 0 Å². The number of aromatic hydroxyl groups is 1. The van der Waals surface area contributed by atoms with Crippen molar-refractivity contribution >= 4 is 12.2 Å². The van der Waals surface area contributed by atoms with Gasteiger partial charge in [0.2, 0.25) is 0 Å². The first kappa shape index (κ1) is 9.90. The maximum absolute atomic E-state index is 10.4. The van der Waals surface area contributed by atoms with E-state index < -0.39 is 5.56 Å². The zero-order valence-corrected chi connectivity index (χ0v) is 8.16. The molecular weight excluding hydrogens is 163 g/mol. The van der Waals surface area contributed by atoms with E-state index in [1.807, 2.05) is 0 Å². The molecule has 6 heteroatoms. The van der Waals surface area contributed by atoms with Crippen molar-refractivity contribution in [3.63, 3.8) is 0 Å². The van der Waals surface area contributed by atoms with Crippen LogP contribution in [0.4, 0.5) is 0 Å². The molecular formula is C4H5N2NaO2S. The van der Waals surface area contributed by atoms with Crippen molar-refractivity contribution < 1.29 is 36.1 Å². The third kappa shape index (κ3) is 2.66. The molecule has 0 aromatic carbocycles. The Morgan fingerprint density at radius 2 is 2.20 bits per heavy atom. The molecule has 0 atom stereocenters. The number of H-pyrrole nitrogens is 2. The van der Waals surface area contributed by atoms with Crippen LogP contribution in [-0.4, -0.2) is 15.1 Å². The van der Waals surface area contributed by atoms with Crippen molar-refractivity contribution in [1.29, 1.82) is 0 Å². The maximum Gasteiger partial charge on any atom is 1.00 e. The van der Waals surface area contributed by atoms with Gasteiger partial charge in [-0.1, -0.05) is 0 Å². The van der Waals surface area contributed by atoms with E-state index in [9.17, 15) is 4.79 Å². The summed E-state index contributed by atoms with van der Waals surface area (Å²) in [6.45, 7) is 0. The van der Waals surface area contributed by atoms with Crippen molar-refractivity contribution in [2.45, 2.75) is 0 Å². The maximum atomic E-state index is 10.4. The van der Waals surface area contributed by atoms with Crippen LogP contribution in [0.5, 0.6) is 5.88 Å². The van der Waals surface area contributed by atoms with E-state index in [0.717, 1.165) is 6.07 Å². The van der Waals surface area contributed by atoms with Crippen molar-refractivity contribution in [1.82, 2.24) is 9.97 Å². The van der Waals surface area contributed by atoms with Crippen LogP contribution in [0.3, 0.4) is 0 Å². The average Bonchev–Trinajstić information content (AvgIpc) is 1.59. The first-order chi connectivity index (χ1) is 4.18. The Morgan fingerprint density at radius 1 is 1.60 bits per heavy atom. The second kappa shape index (κ2) is 3.92. The van der Waals surface area contributed by atoms with Crippen LogP contribution < -0.4 is 35.1 Å². The number of rotatable bonds is 0. The molecule has 1 heterocycles. The molecule has 0 aliphatic heterocycles. The van der Waals surface area contributed by atoms with Gasteiger partial charge in [-0.15, -0.1) is 0 Å². The molecule has 3 N–H and O–H groups in total. The van der Waals surface area contributed by atoms with Gasteiger partial charge in [0.1, 0.15) is 0 Å². The van der Waals surface area contributed by atoms with Gasteiger partial charge in [-0.3, -0.25) is 9.78 Å². The number of hydrogen-bond donors (Lipinski definition) is 3. The summed E-state index contributed by atoms with van der Waals surface area (Å²) >= 11 is 4.52. The van der Waals surface area contributed by atoms with Gasteiger partial charge in [-0.25, -0.2) is 0 Å². The van der Waals surface area contributed by atoms with Gasteiger partial charge < -0.3 is 11.5 Å². The summed E-state index contributed by atoms with van der Waals surface area (Å²) in [6, 6.07) is 1.01. The molecule has 0 aliphatic carbocycles. The largest absolute Gasteiger partial charge is 1.00 e. The molecule has 4 nitrogen and oxygen atoms in total. The Morgan fingerprint density at radius 3 is 2.60 bits per heavy atom. The fraction of sp³-hybridized carbons (Fsp3) is 0. The van der Waals surface area contributed by atoms with Crippen molar-refractivity contribution in [2.75, 3.05) is 0 Å². The number of aromatic amines is 2. The fourth-order valence-corrected chi connectivity index (χ4v) is 0.661. The van der Waals surface area contributed by atoms with Crippen molar-refractivity contribution in [3.8, 4) is 5.88 Å². The minimum absolute atomic E-state index is 0. The third-order valence-corrected chi connectivity index (χ3v) is 0.950. The van der Waals surface area contributed by atoms with E-state index >= 15 is 0 Å². The van der Waals surface area contributed by atoms with Gasteiger partial charge >= 0.3 is 29.6 Å². The third-order valence-electron chi connectivity index (χ3n) is 0.746. The molecule has 1 aromatic rings. The smallest absolute Gasteiger partial charge is 1.00 e. The van der Waals surface area contributed by atoms with Crippen LogP contribution in [0.15, 0.2) is 10.9 Å². The standard InChI is InChI=1S/C4H4N2O2S.Na.H/c7-2-1-3(8)6-4(9)5-2;;/h1H,(H3,5,6,7,8,9);;/q;+1;-1.